The molecule has 1 aromatic heterocycles. The first-order valence-corrected chi connectivity index (χ1v) is 9.54. The second-order valence-electron chi connectivity index (χ2n) is 7.89. The second-order valence-corrected chi connectivity index (χ2v) is 7.89. The molecule has 1 saturated heterocycles. The minimum absolute atomic E-state index is 0.146. The third-order valence-electron chi connectivity index (χ3n) is 5.64. The average molecular weight is 421 g/mol. The molecule has 0 spiro atoms. The SMILES string of the molecule is O=C(c1cncc(C(F)(F)F)c1)N1CC(NC(=O)C2(Cc3ccccc3F)CC2)C1. The number of nitrogens with zero attached hydrogens (tertiary/aromatic N) is 2. The van der Waals surface area contributed by atoms with Gasteiger partial charge in [-0.1, -0.05) is 18.2 Å². The van der Waals surface area contributed by atoms with E-state index in [2.05, 4.69) is 10.3 Å². The average Bonchev–Trinajstić information content (AvgIpc) is 3.46. The quantitative estimate of drug-likeness (QED) is 0.755. The molecule has 1 aromatic carbocycles. The molecule has 1 aliphatic heterocycles. The maximum atomic E-state index is 13.9. The minimum Gasteiger partial charge on any atom is -0.349 e. The number of carbonyl (C=O) groups excluding carboxylic acids is 2. The maximum absolute atomic E-state index is 13.9. The Bertz CT molecular complexity index is 982. The van der Waals surface area contributed by atoms with Crippen molar-refractivity contribution in [2.75, 3.05) is 13.1 Å². The first-order valence-electron chi connectivity index (χ1n) is 9.54. The molecule has 0 bridgehead atoms. The number of aromatic nitrogens is 1. The summed E-state index contributed by atoms with van der Waals surface area (Å²) in [7, 11) is 0. The van der Waals surface area contributed by atoms with Crippen molar-refractivity contribution in [2.45, 2.75) is 31.5 Å². The summed E-state index contributed by atoms with van der Waals surface area (Å²) in [5.74, 6) is -1.08. The summed E-state index contributed by atoms with van der Waals surface area (Å²) in [6, 6.07) is 6.84. The molecular weight excluding hydrogens is 402 g/mol. The van der Waals surface area contributed by atoms with Gasteiger partial charge >= 0.3 is 6.18 Å². The summed E-state index contributed by atoms with van der Waals surface area (Å²) < 4.78 is 52.3. The summed E-state index contributed by atoms with van der Waals surface area (Å²) in [6.07, 6.45) is -1.17. The van der Waals surface area contributed by atoms with E-state index in [4.69, 9.17) is 0 Å². The number of pyridine rings is 1. The van der Waals surface area contributed by atoms with E-state index in [1.807, 2.05) is 0 Å². The molecule has 1 aliphatic carbocycles. The molecule has 1 saturated carbocycles. The molecule has 30 heavy (non-hydrogen) atoms. The van der Waals surface area contributed by atoms with Gasteiger partial charge in [0.2, 0.25) is 5.91 Å². The molecule has 9 heteroatoms. The Morgan fingerprint density at radius 2 is 1.87 bits per heavy atom. The van der Waals surface area contributed by atoms with Crippen molar-refractivity contribution in [3.63, 3.8) is 0 Å². The zero-order valence-corrected chi connectivity index (χ0v) is 15.9. The summed E-state index contributed by atoms with van der Waals surface area (Å²) in [4.78, 5) is 29.9. The molecule has 2 aromatic rings. The van der Waals surface area contributed by atoms with E-state index < -0.39 is 23.1 Å². The van der Waals surface area contributed by atoms with Crippen LogP contribution in [-0.4, -0.2) is 40.8 Å². The van der Waals surface area contributed by atoms with E-state index in [0.717, 1.165) is 12.3 Å². The largest absolute Gasteiger partial charge is 0.417 e. The highest BCUT2D eigenvalue weighted by Crippen LogP contribution is 2.49. The number of benzene rings is 1. The van der Waals surface area contributed by atoms with Crippen LogP contribution in [0.3, 0.4) is 0 Å². The van der Waals surface area contributed by atoms with Gasteiger partial charge in [0.05, 0.1) is 22.6 Å². The van der Waals surface area contributed by atoms with Crippen molar-refractivity contribution < 1.29 is 27.2 Å². The normalized spacial score (nSPS) is 17.9. The van der Waals surface area contributed by atoms with E-state index in [-0.39, 0.29) is 36.4 Å². The monoisotopic (exact) mass is 421 g/mol. The number of alkyl halides is 3. The molecule has 2 fully saturated rings. The predicted molar refractivity (Wildman–Crippen MR) is 98.8 cm³/mol. The molecule has 158 valence electrons. The maximum Gasteiger partial charge on any atom is 0.417 e. The fourth-order valence-corrected chi connectivity index (χ4v) is 3.61. The Labute approximate surface area is 170 Å². The topological polar surface area (TPSA) is 62.3 Å². The Morgan fingerprint density at radius 3 is 2.50 bits per heavy atom. The van der Waals surface area contributed by atoms with Crippen LogP contribution in [0.2, 0.25) is 0 Å². The number of likely N-dealkylation sites (tertiary alicyclic amines) is 1. The fraction of sp³-hybridized carbons (Fsp3) is 0.381. The van der Waals surface area contributed by atoms with Crippen LogP contribution in [0.15, 0.2) is 42.7 Å². The molecule has 2 amide bonds. The van der Waals surface area contributed by atoms with Gasteiger partial charge in [-0.25, -0.2) is 4.39 Å². The number of hydrogen-bond donors (Lipinski definition) is 1. The highest BCUT2D eigenvalue weighted by Gasteiger charge is 2.51. The molecule has 2 heterocycles. The van der Waals surface area contributed by atoms with Crippen LogP contribution in [0.25, 0.3) is 0 Å². The molecule has 0 unspecified atom stereocenters. The smallest absolute Gasteiger partial charge is 0.349 e. The molecule has 1 N–H and O–H groups in total. The van der Waals surface area contributed by atoms with Crippen molar-refractivity contribution in [3.8, 4) is 0 Å². The number of carbonyl (C=O) groups is 2. The van der Waals surface area contributed by atoms with Gasteiger partial charge in [0.25, 0.3) is 5.91 Å². The lowest BCUT2D eigenvalue weighted by atomic mass is 9.94. The number of halogens is 4. The van der Waals surface area contributed by atoms with Crippen LogP contribution in [-0.2, 0) is 17.4 Å². The van der Waals surface area contributed by atoms with Gasteiger partial charge in [-0.15, -0.1) is 0 Å². The van der Waals surface area contributed by atoms with Gasteiger partial charge in [-0.3, -0.25) is 14.6 Å². The van der Waals surface area contributed by atoms with Crippen molar-refractivity contribution >= 4 is 11.8 Å². The Kier molecular flexibility index (Phi) is 4.99. The van der Waals surface area contributed by atoms with Crippen molar-refractivity contribution in [1.29, 1.82) is 0 Å². The van der Waals surface area contributed by atoms with Gasteiger partial charge in [0.15, 0.2) is 0 Å². The van der Waals surface area contributed by atoms with E-state index in [1.54, 1.807) is 18.2 Å². The molecule has 0 atom stereocenters. The van der Waals surface area contributed by atoms with Gasteiger partial charge in [-0.2, -0.15) is 13.2 Å². The third kappa shape index (κ3) is 4.01. The van der Waals surface area contributed by atoms with Gasteiger partial charge in [0, 0.05) is 25.5 Å². The van der Waals surface area contributed by atoms with Crippen LogP contribution < -0.4 is 5.32 Å². The van der Waals surface area contributed by atoms with E-state index in [1.165, 1.54) is 11.0 Å². The predicted octanol–water partition coefficient (Wildman–Crippen LogP) is 3.20. The Morgan fingerprint density at radius 1 is 1.17 bits per heavy atom. The van der Waals surface area contributed by atoms with Crippen molar-refractivity contribution in [1.82, 2.24) is 15.2 Å². The minimum atomic E-state index is -4.58. The first-order chi connectivity index (χ1) is 14.2. The lowest BCUT2D eigenvalue weighted by Crippen LogP contribution is -2.62. The standard InChI is InChI=1S/C21H19F4N3O2/c22-17-4-2-1-3-13(17)8-20(5-6-20)19(30)27-16-11-28(12-16)18(29)14-7-15(10-26-9-14)21(23,24)25/h1-4,7,9-10,16H,5-6,8,11-12H2,(H,27,30). The zero-order chi connectivity index (χ0) is 21.5. The van der Waals surface area contributed by atoms with E-state index >= 15 is 0 Å². The molecule has 2 aliphatic rings. The molecule has 4 rings (SSSR count). The van der Waals surface area contributed by atoms with E-state index in [9.17, 15) is 27.2 Å². The number of rotatable bonds is 5. The van der Waals surface area contributed by atoms with Gasteiger partial charge < -0.3 is 10.2 Å². The highest BCUT2D eigenvalue weighted by molar-refractivity contribution is 5.95. The number of amides is 2. The lowest BCUT2D eigenvalue weighted by Gasteiger charge is -2.40. The summed E-state index contributed by atoms with van der Waals surface area (Å²) >= 11 is 0. The number of hydrogen-bond acceptors (Lipinski definition) is 3. The first kappa shape index (κ1) is 20.3. The van der Waals surface area contributed by atoms with Crippen molar-refractivity contribution in [2.24, 2.45) is 5.41 Å². The molecule has 0 radical (unpaired) electrons. The summed E-state index contributed by atoms with van der Waals surface area (Å²) in [5, 5.41) is 2.88. The summed E-state index contributed by atoms with van der Waals surface area (Å²) in [6.45, 7) is 0.410. The van der Waals surface area contributed by atoms with Gasteiger partial charge in [0.1, 0.15) is 5.82 Å². The lowest BCUT2D eigenvalue weighted by molar-refractivity contribution is -0.137. The Balaban J connectivity index is 1.32. The zero-order valence-electron chi connectivity index (χ0n) is 15.9. The fourth-order valence-electron chi connectivity index (χ4n) is 3.61. The van der Waals surface area contributed by atoms with Crippen LogP contribution in [0, 0.1) is 11.2 Å². The van der Waals surface area contributed by atoms with Crippen LogP contribution >= 0.6 is 0 Å². The summed E-state index contributed by atoms with van der Waals surface area (Å²) in [5.41, 5.74) is -1.26. The highest BCUT2D eigenvalue weighted by atomic mass is 19.4. The van der Waals surface area contributed by atoms with Gasteiger partial charge in [-0.05, 0) is 37.0 Å². The van der Waals surface area contributed by atoms with Crippen LogP contribution in [0.4, 0.5) is 17.6 Å². The molecular formula is C21H19F4N3O2. The second kappa shape index (κ2) is 7.37. The van der Waals surface area contributed by atoms with E-state index in [0.29, 0.717) is 31.0 Å². The van der Waals surface area contributed by atoms with Crippen LogP contribution in [0.5, 0.6) is 0 Å². The molecule has 5 nitrogen and oxygen atoms in total. The van der Waals surface area contributed by atoms with Crippen molar-refractivity contribution in [3.05, 3.63) is 65.2 Å². The van der Waals surface area contributed by atoms with Crippen LogP contribution in [0.1, 0.15) is 34.3 Å². The third-order valence-corrected chi connectivity index (χ3v) is 5.64. The Hall–Kier alpha value is -2.97. The number of nitrogens with one attached hydrogen (secondary N) is 1.